The van der Waals surface area contributed by atoms with Gasteiger partial charge in [0, 0.05) is 28.7 Å². The zero-order valence-corrected chi connectivity index (χ0v) is 13.3. The smallest absolute Gasteiger partial charge is 0.227 e. The summed E-state index contributed by atoms with van der Waals surface area (Å²) in [7, 11) is 0. The SMILES string of the molecule is CC(C)Cc1ccnc(-c2cccc3oc4ncccc4c23)c1. The number of hydrogen-bond acceptors (Lipinski definition) is 3. The average molecular weight is 302 g/mol. The molecule has 0 aliphatic heterocycles. The molecule has 23 heavy (non-hydrogen) atoms. The van der Waals surface area contributed by atoms with Gasteiger partial charge in [0.25, 0.3) is 0 Å². The molecule has 0 aliphatic rings. The maximum Gasteiger partial charge on any atom is 0.227 e. The third kappa shape index (κ3) is 2.48. The molecule has 0 N–H and O–H groups in total. The van der Waals surface area contributed by atoms with Crippen LogP contribution < -0.4 is 0 Å². The lowest BCUT2D eigenvalue weighted by atomic mass is 9.99. The van der Waals surface area contributed by atoms with Gasteiger partial charge in [-0.05, 0) is 48.2 Å². The fraction of sp³-hybridized carbons (Fsp3) is 0.200. The van der Waals surface area contributed by atoms with Crippen molar-refractivity contribution in [3.8, 4) is 11.3 Å². The number of furan rings is 1. The molecule has 0 atom stereocenters. The summed E-state index contributed by atoms with van der Waals surface area (Å²) < 4.78 is 5.87. The number of hydrogen-bond donors (Lipinski definition) is 0. The Morgan fingerprint density at radius 3 is 2.78 bits per heavy atom. The lowest BCUT2D eigenvalue weighted by Crippen LogP contribution is -1.95. The predicted octanol–water partition coefficient (Wildman–Crippen LogP) is 5.24. The van der Waals surface area contributed by atoms with Gasteiger partial charge in [-0.3, -0.25) is 4.98 Å². The summed E-state index contributed by atoms with van der Waals surface area (Å²) >= 11 is 0. The Kier molecular flexibility index (Phi) is 3.34. The number of rotatable bonds is 3. The highest BCUT2D eigenvalue weighted by atomic mass is 16.3. The molecule has 0 saturated carbocycles. The lowest BCUT2D eigenvalue weighted by Gasteiger charge is -2.08. The third-order valence-electron chi connectivity index (χ3n) is 4.02. The first-order valence-electron chi connectivity index (χ1n) is 7.94. The molecule has 0 aliphatic carbocycles. The van der Waals surface area contributed by atoms with E-state index in [1.165, 1.54) is 5.56 Å². The van der Waals surface area contributed by atoms with Crippen molar-refractivity contribution >= 4 is 22.1 Å². The van der Waals surface area contributed by atoms with Crippen LogP contribution in [0, 0.1) is 5.92 Å². The quantitative estimate of drug-likeness (QED) is 0.519. The van der Waals surface area contributed by atoms with Gasteiger partial charge >= 0.3 is 0 Å². The van der Waals surface area contributed by atoms with Crippen molar-refractivity contribution in [2.45, 2.75) is 20.3 Å². The molecule has 0 radical (unpaired) electrons. The molecule has 1 aromatic carbocycles. The maximum absolute atomic E-state index is 5.87. The summed E-state index contributed by atoms with van der Waals surface area (Å²) in [6.45, 7) is 4.46. The van der Waals surface area contributed by atoms with Gasteiger partial charge in [0.15, 0.2) is 0 Å². The number of fused-ring (bicyclic) bond motifs is 3. The van der Waals surface area contributed by atoms with E-state index in [1.807, 2.05) is 24.4 Å². The topological polar surface area (TPSA) is 38.9 Å². The van der Waals surface area contributed by atoms with E-state index in [1.54, 1.807) is 6.20 Å². The van der Waals surface area contributed by atoms with Gasteiger partial charge in [0.2, 0.25) is 5.71 Å². The van der Waals surface area contributed by atoms with Crippen molar-refractivity contribution in [2.75, 3.05) is 0 Å². The molecule has 3 aromatic heterocycles. The van der Waals surface area contributed by atoms with E-state index in [4.69, 9.17) is 4.42 Å². The molecule has 0 saturated heterocycles. The molecule has 0 fully saturated rings. The highest BCUT2D eigenvalue weighted by Gasteiger charge is 2.13. The molecule has 0 unspecified atom stereocenters. The molecule has 3 heterocycles. The van der Waals surface area contributed by atoms with Gasteiger partial charge in [-0.2, -0.15) is 0 Å². The second-order valence-electron chi connectivity index (χ2n) is 6.28. The second-order valence-corrected chi connectivity index (χ2v) is 6.28. The van der Waals surface area contributed by atoms with Crippen molar-refractivity contribution < 1.29 is 4.42 Å². The van der Waals surface area contributed by atoms with E-state index in [0.717, 1.165) is 34.0 Å². The Bertz CT molecular complexity index is 985. The van der Waals surface area contributed by atoms with Gasteiger partial charge in [0.1, 0.15) is 5.58 Å². The summed E-state index contributed by atoms with van der Waals surface area (Å²) in [6.07, 6.45) is 4.71. The summed E-state index contributed by atoms with van der Waals surface area (Å²) in [5, 5.41) is 2.12. The van der Waals surface area contributed by atoms with E-state index in [0.29, 0.717) is 11.6 Å². The molecule has 114 valence electrons. The van der Waals surface area contributed by atoms with Gasteiger partial charge < -0.3 is 4.42 Å². The third-order valence-corrected chi connectivity index (χ3v) is 4.02. The van der Waals surface area contributed by atoms with Crippen LogP contribution in [0.2, 0.25) is 0 Å². The highest BCUT2D eigenvalue weighted by Crippen LogP contribution is 2.35. The number of benzene rings is 1. The van der Waals surface area contributed by atoms with Crippen LogP contribution in [0.4, 0.5) is 0 Å². The number of pyridine rings is 2. The monoisotopic (exact) mass is 302 g/mol. The van der Waals surface area contributed by atoms with E-state index in [2.05, 4.69) is 48.1 Å². The van der Waals surface area contributed by atoms with Crippen LogP contribution in [0.15, 0.2) is 59.3 Å². The van der Waals surface area contributed by atoms with Crippen molar-refractivity contribution in [2.24, 2.45) is 5.92 Å². The van der Waals surface area contributed by atoms with Crippen molar-refractivity contribution in [3.05, 3.63) is 60.4 Å². The first-order valence-corrected chi connectivity index (χ1v) is 7.94. The zero-order chi connectivity index (χ0) is 15.8. The summed E-state index contributed by atoms with van der Waals surface area (Å²) in [5.41, 5.74) is 4.92. The summed E-state index contributed by atoms with van der Waals surface area (Å²) in [6, 6.07) is 14.4. The molecule has 3 nitrogen and oxygen atoms in total. The maximum atomic E-state index is 5.87. The zero-order valence-electron chi connectivity index (χ0n) is 13.3. The minimum atomic E-state index is 0.625. The van der Waals surface area contributed by atoms with E-state index in [-0.39, 0.29) is 0 Å². The van der Waals surface area contributed by atoms with Crippen LogP contribution in [0.1, 0.15) is 19.4 Å². The van der Waals surface area contributed by atoms with Crippen molar-refractivity contribution in [1.82, 2.24) is 9.97 Å². The standard InChI is InChI=1S/C20H18N2O/c1-13(2)11-14-8-10-21-17(12-14)15-5-3-7-18-19(15)16-6-4-9-22-20(16)23-18/h3-10,12-13H,11H2,1-2H3. The molecule has 0 amide bonds. The van der Waals surface area contributed by atoms with Crippen LogP contribution in [0.5, 0.6) is 0 Å². The Morgan fingerprint density at radius 2 is 1.91 bits per heavy atom. The molecule has 0 bridgehead atoms. The highest BCUT2D eigenvalue weighted by molar-refractivity contribution is 6.11. The molecule has 3 heteroatoms. The molecule has 4 rings (SSSR count). The van der Waals surface area contributed by atoms with Gasteiger partial charge in [-0.25, -0.2) is 4.98 Å². The number of nitrogens with zero attached hydrogens (tertiary/aromatic N) is 2. The van der Waals surface area contributed by atoms with Gasteiger partial charge in [-0.1, -0.05) is 26.0 Å². The van der Waals surface area contributed by atoms with Crippen LogP contribution in [0.3, 0.4) is 0 Å². The van der Waals surface area contributed by atoms with E-state index in [9.17, 15) is 0 Å². The van der Waals surface area contributed by atoms with E-state index < -0.39 is 0 Å². The first kappa shape index (κ1) is 13.9. The molecular formula is C20H18N2O. The average Bonchev–Trinajstić information content (AvgIpc) is 2.93. The molecular weight excluding hydrogens is 284 g/mol. The predicted molar refractivity (Wildman–Crippen MR) is 93.3 cm³/mol. The lowest BCUT2D eigenvalue weighted by molar-refractivity contribution is 0.647. The van der Waals surface area contributed by atoms with Crippen LogP contribution in [-0.4, -0.2) is 9.97 Å². The molecule has 0 spiro atoms. The first-order chi connectivity index (χ1) is 11.2. The fourth-order valence-corrected chi connectivity index (χ4v) is 3.09. The Balaban J connectivity index is 1.95. The van der Waals surface area contributed by atoms with Crippen LogP contribution in [-0.2, 0) is 6.42 Å². The fourth-order valence-electron chi connectivity index (χ4n) is 3.09. The largest absolute Gasteiger partial charge is 0.438 e. The van der Waals surface area contributed by atoms with Crippen LogP contribution >= 0.6 is 0 Å². The Morgan fingerprint density at radius 1 is 1.00 bits per heavy atom. The normalized spacial score (nSPS) is 11.6. The van der Waals surface area contributed by atoms with Gasteiger partial charge in [-0.15, -0.1) is 0 Å². The summed E-state index contributed by atoms with van der Waals surface area (Å²) in [4.78, 5) is 8.91. The van der Waals surface area contributed by atoms with E-state index >= 15 is 0 Å². The Labute approximate surface area is 135 Å². The minimum absolute atomic E-state index is 0.625. The molecule has 4 aromatic rings. The number of aromatic nitrogens is 2. The summed E-state index contributed by atoms with van der Waals surface area (Å²) in [5.74, 6) is 0.625. The van der Waals surface area contributed by atoms with Gasteiger partial charge in [0.05, 0.1) is 5.69 Å². The van der Waals surface area contributed by atoms with Crippen molar-refractivity contribution in [3.63, 3.8) is 0 Å². The van der Waals surface area contributed by atoms with Crippen molar-refractivity contribution in [1.29, 1.82) is 0 Å². The second kappa shape index (κ2) is 5.51. The van der Waals surface area contributed by atoms with Crippen LogP contribution in [0.25, 0.3) is 33.3 Å². The Hall–Kier alpha value is -2.68. The minimum Gasteiger partial charge on any atom is -0.438 e.